The zero-order valence-electron chi connectivity index (χ0n) is 15.0. The van der Waals surface area contributed by atoms with Gasteiger partial charge in [-0.1, -0.05) is 23.7 Å². The van der Waals surface area contributed by atoms with E-state index in [0.29, 0.717) is 49.5 Å². The predicted octanol–water partition coefficient (Wildman–Crippen LogP) is 3.69. The Kier molecular flexibility index (Phi) is 6.45. The summed E-state index contributed by atoms with van der Waals surface area (Å²) in [5, 5.41) is 3.55. The molecule has 2 amide bonds. The number of hydrogen-bond donors (Lipinski definition) is 1. The second kappa shape index (κ2) is 9.00. The van der Waals surface area contributed by atoms with Gasteiger partial charge in [-0.05, 0) is 61.2 Å². The second-order valence-corrected chi connectivity index (χ2v) is 7.18. The van der Waals surface area contributed by atoms with Crippen LogP contribution in [0, 0.1) is 11.7 Å². The normalized spacial score (nSPS) is 14.8. The van der Waals surface area contributed by atoms with E-state index < -0.39 is 0 Å². The Labute approximate surface area is 163 Å². The highest BCUT2D eigenvalue weighted by atomic mass is 35.5. The van der Waals surface area contributed by atoms with Crippen molar-refractivity contribution in [2.24, 2.45) is 5.92 Å². The van der Waals surface area contributed by atoms with Crippen molar-refractivity contribution in [2.75, 3.05) is 19.6 Å². The molecule has 2 aromatic carbocycles. The lowest BCUT2D eigenvalue weighted by Gasteiger charge is -2.31. The van der Waals surface area contributed by atoms with E-state index in [-0.39, 0.29) is 23.5 Å². The molecule has 6 heteroatoms. The molecule has 142 valence electrons. The molecule has 1 aliphatic heterocycles. The second-order valence-electron chi connectivity index (χ2n) is 6.74. The van der Waals surface area contributed by atoms with Crippen LogP contribution in [0.15, 0.2) is 48.5 Å². The molecule has 2 aromatic rings. The lowest BCUT2D eigenvalue weighted by Crippen LogP contribution is -2.43. The topological polar surface area (TPSA) is 49.4 Å². The minimum Gasteiger partial charge on any atom is -0.356 e. The first-order chi connectivity index (χ1) is 13.0. The van der Waals surface area contributed by atoms with E-state index >= 15 is 0 Å². The number of carbonyl (C=O) groups is 2. The Morgan fingerprint density at radius 1 is 1.04 bits per heavy atom. The number of nitrogens with one attached hydrogen (secondary N) is 1. The van der Waals surface area contributed by atoms with Crippen LogP contribution >= 0.6 is 11.6 Å². The Balaban J connectivity index is 1.42. The van der Waals surface area contributed by atoms with Crippen molar-refractivity contribution in [3.8, 4) is 0 Å². The lowest BCUT2D eigenvalue weighted by molar-refractivity contribution is -0.126. The first-order valence-corrected chi connectivity index (χ1v) is 9.48. The number of halogens is 2. The molecule has 0 atom stereocenters. The molecule has 4 nitrogen and oxygen atoms in total. The van der Waals surface area contributed by atoms with E-state index in [9.17, 15) is 14.0 Å². The summed E-state index contributed by atoms with van der Waals surface area (Å²) in [6, 6.07) is 13.1. The van der Waals surface area contributed by atoms with Gasteiger partial charge in [0.2, 0.25) is 5.91 Å². The molecule has 1 saturated heterocycles. The third-order valence-corrected chi connectivity index (χ3v) is 5.12. The predicted molar refractivity (Wildman–Crippen MR) is 103 cm³/mol. The summed E-state index contributed by atoms with van der Waals surface area (Å²) < 4.78 is 12.9. The highest BCUT2D eigenvalue weighted by Gasteiger charge is 2.27. The highest BCUT2D eigenvalue weighted by Crippen LogP contribution is 2.20. The van der Waals surface area contributed by atoms with Crippen LogP contribution in [0.4, 0.5) is 4.39 Å². The first kappa shape index (κ1) is 19.4. The SMILES string of the molecule is O=C(NCCc1ccc(F)cc1)C1CCN(C(=O)c2ccc(Cl)cc2)CC1. The van der Waals surface area contributed by atoms with Gasteiger partial charge in [0.05, 0.1) is 0 Å². The fourth-order valence-corrected chi connectivity index (χ4v) is 3.37. The third-order valence-electron chi connectivity index (χ3n) is 4.87. The van der Waals surface area contributed by atoms with Gasteiger partial charge in [0, 0.05) is 36.1 Å². The van der Waals surface area contributed by atoms with Crippen LogP contribution in [0.5, 0.6) is 0 Å². The number of nitrogens with zero attached hydrogens (tertiary/aromatic N) is 1. The van der Waals surface area contributed by atoms with Crippen LogP contribution in [0.2, 0.25) is 5.02 Å². The summed E-state index contributed by atoms with van der Waals surface area (Å²) in [6.07, 6.45) is 1.98. The lowest BCUT2D eigenvalue weighted by atomic mass is 9.95. The average Bonchev–Trinajstić information content (AvgIpc) is 2.69. The minimum absolute atomic E-state index is 0.0238. The zero-order chi connectivity index (χ0) is 19.2. The van der Waals surface area contributed by atoms with E-state index in [2.05, 4.69) is 5.32 Å². The van der Waals surface area contributed by atoms with Crippen LogP contribution in [-0.4, -0.2) is 36.3 Å². The van der Waals surface area contributed by atoms with Crippen LogP contribution in [0.25, 0.3) is 0 Å². The van der Waals surface area contributed by atoms with Gasteiger partial charge in [0.25, 0.3) is 5.91 Å². The molecule has 0 unspecified atom stereocenters. The number of amides is 2. The number of rotatable bonds is 5. The van der Waals surface area contributed by atoms with Gasteiger partial charge in [0.1, 0.15) is 5.82 Å². The Morgan fingerprint density at radius 3 is 2.30 bits per heavy atom. The molecular formula is C21H22ClFN2O2. The van der Waals surface area contributed by atoms with E-state index in [4.69, 9.17) is 11.6 Å². The van der Waals surface area contributed by atoms with Gasteiger partial charge in [-0.25, -0.2) is 4.39 Å². The van der Waals surface area contributed by atoms with Crippen molar-refractivity contribution in [3.05, 3.63) is 70.5 Å². The molecule has 0 aliphatic carbocycles. The minimum atomic E-state index is -0.261. The number of benzene rings is 2. The van der Waals surface area contributed by atoms with E-state index in [1.807, 2.05) is 0 Å². The zero-order valence-corrected chi connectivity index (χ0v) is 15.7. The number of likely N-dealkylation sites (tertiary alicyclic amines) is 1. The van der Waals surface area contributed by atoms with Gasteiger partial charge in [0.15, 0.2) is 0 Å². The van der Waals surface area contributed by atoms with Crippen LogP contribution in [0.3, 0.4) is 0 Å². The van der Waals surface area contributed by atoms with Crippen LogP contribution in [0.1, 0.15) is 28.8 Å². The summed E-state index contributed by atoms with van der Waals surface area (Å²) >= 11 is 5.86. The summed E-state index contributed by atoms with van der Waals surface area (Å²) in [5.74, 6) is -0.340. The molecule has 1 N–H and O–H groups in total. The average molecular weight is 389 g/mol. The smallest absolute Gasteiger partial charge is 0.253 e. The maximum absolute atomic E-state index is 12.9. The molecule has 1 heterocycles. The highest BCUT2D eigenvalue weighted by molar-refractivity contribution is 6.30. The molecule has 3 rings (SSSR count). The first-order valence-electron chi connectivity index (χ1n) is 9.10. The van der Waals surface area contributed by atoms with Gasteiger partial charge in [-0.3, -0.25) is 9.59 Å². The molecule has 0 radical (unpaired) electrons. The maximum atomic E-state index is 12.9. The summed E-state index contributed by atoms with van der Waals surface area (Å²) in [7, 11) is 0. The maximum Gasteiger partial charge on any atom is 0.253 e. The molecule has 0 spiro atoms. The van der Waals surface area contributed by atoms with Gasteiger partial charge in [-0.15, -0.1) is 0 Å². The molecule has 0 aromatic heterocycles. The van der Waals surface area contributed by atoms with E-state index in [0.717, 1.165) is 5.56 Å². The molecule has 1 aliphatic rings. The van der Waals surface area contributed by atoms with Crippen LogP contribution in [-0.2, 0) is 11.2 Å². The Hall–Kier alpha value is -2.40. The quantitative estimate of drug-likeness (QED) is 0.849. The molecule has 27 heavy (non-hydrogen) atoms. The Morgan fingerprint density at radius 2 is 1.67 bits per heavy atom. The Bertz CT molecular complexity index is 785. The monoisotopic (exact) mass is 388 g/mol. The van der Waals surface area contributed by atoms with Crippen LogP contribution < -0.4 is 5.32 Å². The molecular weight excluding hydrogens is 367 g/mol. The fraction of sp³-hybridized carbons (Fsp3) is 0.333. The summed E-state index contributed by atoms with van der Waals surface area (Å²) in [5.41, 5.74) is 1.60. The van der Waals surface area contributed by atoms with Crippen molar-refractivity contribution >= 4 is 23.4 Å². The van der Waals surface area contributed by atoms with E-state index in [1.54, 1.807) is 41.3 Å². The standard InChI is InChI=1S/C21H22ClFN2O2/c22-18-5-3-17(4-6-18)21(27)25-13-10-16(11-14-25)20(26)24-12-9-15-1-7-19(23)8-2-15/h1-8,16H,9-14H2,(H,24,26). The van der Waals surface area contributed by atoms with Crippen molar-refractivity contribution < 1.29 is 14.0 Å². The number of piperidine rings is 1. The number of carbonyl (C=O) groups excluding carboxylic acids is 2. The van der Waals surface area contributed by atoms with Crippen molar-refractivity contribution in [1.82, 2.24) is 10.2 Å². The van der Waals surface area contributed by atoms with Gasteiger partial charge >= 0.3 is 0 Å². The number of hydrogen-bond acceptors (Lipinski definition) is 2. The summed E-state index contributed by atoms with van der Waals surface area (Å²) in [4.78, 5) is 26.6. The van der Waals surface area contributed by atoms with Crippen molar-refractivity contribution in [1.29, 1.82) is 0 Å². The third kappa shape index (κ3) is 5.30. The molecule has 0 saturated carbocycles. The largest absolute Gasteiger partial charge is 0.356 e. The molecule has 1 fully saturated rings. The van der Waals surface area contributed by atoms with E-state index in [1.165, 1.54) is 12.1 Å². The molecule has 0 bridgehead atoms. The van der Waals surface area contributed by atoms with Crippen molar-refractivity contribution in [3.63, 3.8) is 0 Å². The van der Waals surface area contributed by atoms with Crippen molar-refractivity contribution in [2.45, 2.75) is 19.3 Å². The fourth-order valence-electron chi connectivity index (χ4n) is 3.25. The van der Waals surface area contributed by atoms with Gasteiger partial charge in [-0.2, -0.15) is 0 Å². The van der Waals surface area contributed by atoms with Gasteiger partial charge < -0.3 is 10.2 Å². The summed E-state index contributed by atoms with van der Waals surface area (Å²) in [6.45, 7) is 1.66.